The van der Waals surface area contributed by atoms with Gasteiger partial charge in [0.25, 0.3) is 0 Å². The fourth-order valence-corrected chi connectivity index (χ4v) is 3.50. The van der Waals surface area contributed by atoms with Gasteiger partial charge in [-0.15, -0.1) is 0 Å². The Morgan fingerprint density at radius 1 is 0.870 bits per heavy atom. The summed E-state index contributed by atoms with van der Waals surface area (Å²) in [6.45, 7) is 3.21. The molecule has 0 saturated carbocycles. The molecular weight excluding hydrogens is 280 g/mol. The van der Waals surface area contributed by atoms with Gasteiger partial charge in [-0.05, 0) is 41.9 Å². The van der Waals surface area contributed by atoms with Crippen molar-refractivity contribution in [3.63, 3.8) is 0 Å². The van der Waals surface area contributed by atoms with Crippen molar-refractivity contribution in [3.05, 3.63) is 60.2 Å². The molecule has 0 radical (unpaired) electrons. The molecular formula is C22H28O. The van der Waals surface area contributed by atoms with Gasteiger partial charge in [-0.1, -0.05) is 80.8 Å². The van der Waals surface area contributed by atoms with Crippen LogP contribution in [-0.2, 0) is 4.74 Å². The van der Waals surface area contributed by atoms with Crippen molar-refractivity contribution < 1.29 is 4.74 Å². The third kappa shape index (κ3) is 4.45. The highest BCUT2D eigenvalue weighted by Gasteiger charge is 2.22. The van der Waals surface area contributed by atoms with E-state index in [4.69, 9.17) is 4.74 Å². The Hall–Kier alpha value is -1.60. The maximum absolute atomic E-state index is 6.15. The highest BCUT2D eigenvalue weighted by molar-refractivity contribution is 5.63. The van der Waals surface area contributed by atoms with E-state index in [9.17, 15) is 0 Å². The molecule has 0 aromatic heterocycles. The summed E-state index contributed by atoms with van der Waals surface area (Å²) in [6.07, 6.45) is 8.15. The summed E-state index contributed by atoms with van der Waals surface area (Å²) in [6, 6.07) is 19.5. The van der Waals surface area contributed by atoms with Gasteiger partial charge in [0.1, 0.15) is 0 Å². The number of ether oxygens (including phenoxy) is 1. The monoisotopic (exact) mass is 308 g/mol. The van der Waals surface area contributed by atoms with Gasteiger partial charge in [0.2, 0.25) is 0 Å². The van der Waals surface area contributed by atoms with E-state index in [0.29, 0.717) is 6.10 Å². The van der Waals surface area contributed by atoms with Gasteiger partial charge >= 0.3 is 0 Å². The van der Waals surface area contributed by atoms with Crippen LogP contribution in [0.1, 0.15) is 57.1 Å². The molecule has 122 valence electrons. The summed E-state index contributed by atoms with van der Waals surface area (Å²) in [5.41, 5.74) is 3.89. The van der Waals surface area contributed by atoms with Gasteiger partial charge in [0.05, 0.1) is 12.7 Å². The number of unbranched alkanes of at least 4 members (excludes halogenated alkanes) is 2. The van der Waals surface area contributed by atoms with Crippen LogP contribution in [0.3, 0.4) is 0 Å². The lowest BCUT2D eigenvalue weighted by Gasteiger charge is -2.29. The molecule has 1 fully saturated rings. The van der Waals surface area contributed by atoms with Gasteiger partial charge in [-0.25, -0.2) is 0 Å². The quantitative estimate of drug-likeness (QED) is 0.561. The molecule has 1 heteroatoms. The zero-order valence-corrected chi connectivity index (χ0v) is 14.2. The van der Waals surface area contributed by atoms with Crippen molar-refractivity contribution >= 4 is 0 Å². The molecule has 0 aliphatic carbocycles. The molecule has 0 amide bonds. The fourth-order valence-electron chi connectivity index (χ4n) is 3.50. The van der Waals surface area contributed by atoms with Gasteiger partial charge < -0.3 is 4.74 Å². The Kier molecular flexibility index (Phi) is 5.87. The van der Waals surface area contributed by atoms with Gasteiger partial charge in [-0.2, -0.15) is 0 Å². The molecule has 1 aliphatic rings. The summed E-state index contributed by atoms with van der Waals surface area (Å²) < 4.78 is 6.15. The maximum atomic E-state index is 6.15. The molecule has 2 aromatic carbocycles. The molecule has 1 nitrogen and oxygen atoms in total. The fraction of sp³-hybridized carbons (Fsp3) is 0.455. The largest absolute Gasteiger partial charge is 0.373 e. The number of hydrogen-bond donors (Lipinski definition) is 0. The third-order valence-electron chi connectivity index (χ3n) is 4.98. The molecule has 1 heterocycles. The minimum atomic E-state index is 0.294. The second kappa shape index (κ2) is 8.31. The number of hydrogen-bond acceptors (Lipinski definition) is 1. The van der Waals surface area contributed by atoms with E-state index in [1.54, 1.807) is 0 Å². The Balaban J connectivity index is 1.55. The van der Waals surface area contributed by atoms with E-state index in [1.165, 1.54) is 55.2 Å². The summed E-state index contributed by atoms with van der Waals surface area (Å²) in [5, 5.41) is 0. The van der Waals surface area contributed by atoms with Crippen LogP contribution in [0.15, 0.2) is 54.6 Å². The number of benzene rings is 2. The first-order valence-corrected chi connectivity index (χ1v) is 9.14. The molecule has 0 N–H and O–H groups in total. The molecule has 0 bridgehead atoms. The smallest absolute Gasteiger partial charge is 0.0825 e. The van der Waals surface area contributed by atoms with Crippen LogP contribution >= 0.6 is 0 Å². The average Bonchev–Trinajstić information content (AvgIpc) is 2.63. The van der Waals surface area contributed by atoms with E-state index in [-0.39, 0.29) is 0 Å². The normalized spacial score (nSPS) is 21.3. The molecule has 3 rings (SSSR count). The van der Waals surface area contributed by atoms with Crippen molar-refractivity contribution in [1.82, 2.24) is 0 Å². The highest BCUT2D eigenvalue weighted by Crippen LogP contribution is 2.33. The number of rotatable bonds is 6. The predicted molar refractivity (Wildman–Crippen MR) is 97.4 cm³/mol. The van der Waals surface area contributed by atoms with Crippen LogP contribution < -0.4 is 0 Å². The van der Waals surface area contributed by atoms with Crippen LogP contribution in [0.2, 0.25) is 0 Å². The highest BCUT2D eigenvalue weighted by atomic mass is 16.5. The molecule has 1 aliphatic heterocycles. The van der Waals surface area contributed by atoms with E-state index in [2.05, 4.69) is 61.5 Å². The van der Waals surface area contributed by atoms with Crippen LogP contribution in [-0.4, -0.2) is 6.61 Å². The van der Waals surface area contributed by atoms with Crippen molar-refractivity contribution in [2.24, 2.45) is 5.92 Å². The van der Waals surface area contributed by atoms with Crippen molar-refractivity contribution in [1.29, 1.82) is 0 Å². The lowest BCUT2D eigenvalue weighted by Crippen LogP contribution is -2.20. The van der Waals surface area contributed by atoms with E-state index < -0.39 is 0 Å². The second-order valence-corrected chi connectivity index (χ2v) is 6.75. The maximum Gasteiger partial charge on any atom is 0.0825 e. The Morgan fingerprint density at radius 3 is 2.26 bits per heavy atom. The van der Waals surface area contributed by atoms with Crippen LogP contribution in [0, 0.1) is 5.92 Å². The lowest BCUT2D eigenvalue weighted by atomic mass is 9.90. The molecule has 2 atom stereocenters. The SMILES string of the molecule is CCCCCC1CCC(c2ccc(-c3ccccc3)cc2)OC1. The summed E-state index contributed by atoms with van der Waals surface area (Å²) in [4.78, 5) is 0. The molecule has 0 spiro atoms. The standard InChI is InChI=1S/C22H28O/c1-2-3-5-8-18-11-16-22(23-17-18)21-14-12-20(13-15-21)19-9-6-4-7-10-19/h4,6-7,9-10,12-15,18,22H,2-3,5,8,11,16-17H2,1H3. The topological polar surface area (TPSA) is 9.23 Å². The van der Waals surface area contributed by atoms with Gasteiger partial charge in [-0.3, -0.25) is 0 Å². The van der Waals surface area contributed by atoms with Crippen LogP contribution in [0.5, 0.6) is 0 Å². The van der Waals surface area contributed by atoms with E-state index in [0.717, 1.165) is 12.5 Å². The summed E-state index contributed by atoms with van der Waals surface area (Å²) in [5.74, 6) is 0.779. The van der Waals surface area contributed by atoms with Crippen LogP contribution in [0.25, 0.3) is 11.1 Å². The zero-order valence-electron chi connectivity index (χ0n) is 14.2. The van der Waals surface area contributed by atoms with Crippen molar-refractivity contribution in [3.8, 4) is 11.1 Å². The molecule has 2 aromatic rings. The zero-order chi connectivity index (χ0) is 15.9. The first-order valence-electron chi connectivity index (χ1n) is 9.14. The third-order valence-corrected chi connectivity index (χ3v) is 4.98. The average molecular weight is 308 g/mol. The van der Waals surface area contributed by atoms with Crippen molar-refractivity contribution in [2.45, 2.75) is 51.6 Å². The van der Waals surface area contributed by atoms with E-state index in [1.807, 2.05) is 0 Å². The molecule has 23 heavy (non-hydrogen) atoms. The predicted octanol–water partition coefficient (Wildman–Crippen LogP) is 6.40. The minimum absolute atomic E-state index is 0.294. The molecule has 1 saturated heterocycles. The van der Waals surface area contributed by atoms with Crippen LogP contribution in [0.4, 0.5) is 0 Å². The molecule has 2 unspecified atom stereocenters. The Morgan fingerprint density at radius 2 is 1.61 bits per heavy atom. The summed E-state index contributed by atoms with van der Waals surface area (Å²) >= 11 is 0. The van der Waals surface area contributed by atoms with Gasteiger partial charge in [0, 0.05) is 0 Å². The second-order valence-electron chi connectivity index (χ2n) is 6.75. The Labute approximate surface area is 140 Å². The minimum Gasteiger partial charge on any atom is -0.373 e. The Bertz CT molecular complexity index is 565. The lowest BCUT2D eigenvalue weighted by molar-refractivity contribution is -0.0198. The van der Waals surface area contributed by atoms with E-state index >= 15 is 0 Å². The first-order chi connectivity index (χ1) is 11.4. The van der Waals surface area contributed by atoms with Gasteiger partial charge in [0.15, 0.2) is 0 Å². The first kappa shape index (κ1) is 16.3. The summed E-state index contributed by atoms with van der Waals surface area (Å²) in [7, 11) is 0. The van der Waals surface area contributed by atoms with Crippen molar-refractivity contribution in [2.75, 3.05) is 6.61 Å².